The van der Waals surface area contributed by atoms with E-state index >= 15 is 8.78 Å². The van der Waals surface area contributed by atoms with Crippen LogP contribution >= 0.6 is 0 Å². The number of H-pyrrole nitrogens is 1. The van der Waals surface area contributed by atoms with Gasteiger partial charge < -0.3 is 20.3 Å². The van der Waals surface area contributed by atoms with Crippen LogP contribution in [0.25, 0.3) is 10.9 Å². The Balaban J connectivity index is 1.53. The molecule has 0 unspecified atom stereocenters. The minimum atomic E-state index is -4.61. The van der Waals surface area contributed by atoms with E-state index in [2.05, 4.69) is 10.3 Å². The molecule has 0 bridgehead atoms. The molecule has 0 aliphatic carbocycles. The summed E-state index contributed by atoms with van der Waals surface area (Å²) in [6.07, 6.45) is -4.04. The fraction of sp³-hybridized carbons (Fsp3) is 0.462. The van der Waals surface area contributed by atoms with E-state index in [0.717, 1.165) is 17.0 Å². The quantitative estimate of drug-likeness (QED) is 0.254. The second kappa shape index (κ2) is 10.7. The lowest BCUT2D eigenvalue weighted by molar-refractivity contribution is -0.155. The van der Waals surface area contributed by atoms with Crippen LogP contribution in [0.1, 0.15) is 36.2 Å². The van der Waals surface area contributed by atoms with Crippen molar-refractivity contribution in [3.63, 3.8) is 0 Å². The zero-order valence-corrected chi connectivity index (χ0v) is 21.2. The number of aromatic amines is 1. The van der Waals surface area contributed by atoms with Crippen molar-refractivity contribution in [2.75, 3.05) is 38.2 Å². The highest BCUT2D eigenvalue weighted by Crippen LogP contribution is 2.44. The lowest BCUT2D eigenvalue weighted by Gasteiger charge is -2.41. The molecular formula is C26H29BF6N4O2. The molecule has 0 spiro atoms. The maximum Gasteiger partial charge on any atom is 0.488 e. The first-order valence-corrected chi connectivity index (χ1v) is 12.8. The first kappa shape index (κ1) is 27.8. The van der Waals surface area contributed by atoms with Gasteiger partial charge in [0.05, 0.1) is 25.3 Å². The standard InChI is InChI=1S/C26H29BF6N4O2/c1-14-7-19-18-8-15(27(38)39)3-4-22(18)35-24(19)25(37(14)13-26(31,32)33)23-20(29)9-16(10-21(23)30)34-17-11-36(12-17)6-2-5-28/h3-4,8-10,14,17,25,34-35,38-39H,2,5-7,11-13H2,1H3/t14-,25-/m1/s1. The molecule has 1 fully saturated rings. The van der Waals surface area contributed by atoms with Crippen LogP contribution in [0.2, 0.25) is 0 Å². The van der Waals surface area contributed by atoms with E-state index in [-0.39, 0.29) is 29.3 Å². The molecule has 3 aromatic rings. The molecule has 0 saturated carbocycles. The maximum absolute atomic E-state index is 15.6. The summed E-state index contributed by atoms with van der Waals surface area (Å²) in [7, 11) is -1.75. The predicted molar refractivity (Wildman–Crippen MR) is 137 cm³/mol. The number of fused-ring (bicyclic) bond motifs is 3. The molecule has 0 radical (unpaired) electrons. The number of benzene rings is 2. The van der Waals surface area contributed by atoms with Crippen molar-refractivity contribution in [1.29, 1.82) is 0 Å². The molecule has 5 rings (SSSR count). The number of halogens is 6. The number of hydrogen-bond acceptors (Lipinski definition) is 5. The summed E-state index contributed by atoms with van der Waals surface area (Å²) in [6.45, 7) is 1.56. The Kier molecular flexibility index (Phi) is 7.62. The SMILES string of the molecule is C[C@@H]1Cc2c([nH]c3ccc(B(O)O)cc23)[C@@H](c2c(F)cc(NC3CN(CCCF)C3)cc2F)N1CC(F)(F)F. The van der Waals surface area contributed by atoms with Gasteiger partial charge in [-0.25, -0.2) is 8.78 Å². The highest BCUT2D eigenvalue weighted by Gasteiger charge is 2.44. The van der Waals surface area contributed by atoms with Gasteiger partial charge in [-0.15, -0.1) is 0 Å². The number of alkyl halides is 4. The average molecular weight is 554 g/mol. The first-order valence-electron chi connectivity index (χ1n) is 12.8. The van der Waals surface area contributed by atoms with Crippen LogP contribution < -0.4 is 10.8 Å². The number of likely N-dealkylation sites (tertiary alicyclic amines) is 1. The predicted octanol–water partition coefficient (Wildman–Crippen LogP) is 3.48. The molecule has 2 aliphatic heterocycles. The second-order valence-electron chi connectivity index (χ2n) is 10.4. The Morgan fingerprint density at radius 2 is 1.79 bits per heavy atom. The van der Waals surface area contributed by atoms with Gasteiger partial charge in [0.25, 0.3) is 0 Å². The monoisotopic (exact) mass is 554 g/mol. The van der Waals surface area contributed by atoms with Crippen molar-refractivity contribution >= 4 is 29.2 Å². The minimum absolute atomic E-state index is 0.0814. The summed E-state index contributed by atoms with van der Waals surface area (Å²) in [5, 5.41) is 22.8. The fourth-order valence-corrected chi connectivity index (χ4v) is 5.79. The molecule has 6 nitrogen and oxygen atoms in total. The lowest BCUT2D eigenvalue weighted by Crippen LogP contribution is -2.54. The highest BCUT2D eigenvalue weighted by molar-refractivity contribution is 6.58. The summed E-state index contributed by atoms with van der Waals surface area (Å²) in [5.74, 6) is -1.96. The van der Waals surface area contributed by atoms with E-state index in [9.17, 15) is 27.6 Å². The highest BCUT2D eigenvalue weighted by atomic mass is 19.4. The molecule has 1 aromatic heterocycles. The number of nitrogens with zero attached hydrogens (tertiary/aromatic N) is 2. The Hall–Kier alpha value is -2.74. The lowest BCUT2D eigenvalue weighted by atomic mass is 9.79. The van der Waals surface area contributed by atoms with Gasteiger partial charge in [-0.1, -0.05) is 12.1 Å². The summed E-state index contributed by atoms with van der Waals surface area (Å²) >= 11 is 0. The third-order valence-corrected chi connectivity index (χ3v) is 7.58. The largest absolute Gasteiger partial charge is 0.488 e. The van der Waals surface area contributed by atoms with Crippen LogP contribution in [0.5, 0.6) is 0 Å². The Morgan fingerprint density at radius 3 is 2.41 bits per heavy atom. The zero-order valence-electron chi connectivity index (χ0n) is 21.2. The molecule has 210 valence electrons. The van der Waals surface area contributed by atoms with E-state index in [0.29, 0.717) is 42.5 Å². The van der Waals surface area contributed by atoms with Gasteiger partial charge in [-0.2, -0.15) is 13.2 Å². The van der Waals surface area contributed by atoms with E-state index in [1.807, 2.05) is 4.90 Å². The van der Waals surface area contributed by atoms with E-state index < -0.39 is 55.8 Å². The average Bonchev–Trinajstić information content (AvgIpc) is 3.18. The number of nitrogens with one attached hydrogen (secondary N) is 2. The first-order chi connectivity index (χ1) is 18.4. The Morgan fingerprint density at radius 1 is 1.10 bits per heavy atom. The smallest absolute Gasteiger partial charge is 0.423 e. The van der Waals surface area contributed by atoms with Crippen molar-refractivity contribution in [2.24, 2.45) is 0 Å². The van der Waals surface area contributed by atoms with Crippen LogP contribution in [0.15, 0.2) is 30.3 Å². The van der Waals surface area contributed by atoms with Crippen LogP contribution in [-0.4, -0.2) is 83.1 Å². The summed E-state index contributed by atoms with van der Waals surface area (Å²) in [4.78, 5) is 6.11. The molecule has 4 N–H and O–H groups in total. The summed E-state index contributed by atoms with van der Waals surface area (Å²) in [5.41, 5.74) is 1.19. The molecule has 13 heteroatoms. The minimum Gasteiger partial charge on any atom is -0.423 e. The van der Waals surface area contributed by atoms with Crippen LogP contribution in [0.4, 0.5) is 32.0 Å². The topological polar surface area (TPSA) is 74.8 Å². The van der Waals surface area contributed by atoms with E-state index in [1.54, 1.807) is 13.0 Å². The summed E-state index contributed by atoms with van der Waals surface area (Å²) in [6, 6.07) is 4.53. The zero-order chi connectivity index (χ0) is 28.1. The van der Waals surface area contributed by atoms with Crippen molar-refractivity contribution in [2.45, 2.75) is 44.1 Å². The van der Waals surface area contributed by atoms with E-state index in [1.165, 1.54) is 12.1 Å². The second-order valence-corrected chi connectivity index (χ2v) is 10.4. The Bertz CT molecular complexity index is 1320. The molecule has 39 heavy (non-hydrogen) atoms. The maximum atomic E-state index is 15.6. The third-order valence-electron chi connectivity index (χ3n) is 7.58. The molecule has 3 heterocycles. The number of anilines is 1. The van der Waals surface area contributed by atoms with Gasteiger partial charge in [-0.05, 0) is 49.0 Å². The number of hydrogen-bond donors (Lipinski definition) is 4. The fourth-order valence-electron chi connectivity index (χ4n) is 5.79. The van der Waals surface area contributed by atoms with Crippen LogP contribution in [0, 0.1) is 11.6 Å². The van der Waals surface area contributed by atoms with Crippen LogP contribution in [-0.2, 0) is 6.42 Å². The van der Waals surface area contributed by atoms with Crippen molar-refractivity contribution < 1.29 is 36.4 Å². The van der Waals surface area contributed by atoms with Crippen molar-refractivity contribution in [1.82, 2.24) is 14.8 Å². The molecule has 2 aromatic carbocycles. The molecule has 1 saturated heterocycles. The van der Waals surface area contributed by atoms with Gasteiger partial charge in [-0.3, -0.25) is 14.2 Å². The third kappa shape index (κ3) is 5.63. The van der Waals surface area contributed by atoms with Crippen molar-refractivity contribution in [3.05, 3.63) is 58.8 Å². The molecule has 2 aliphatic rings. The normalized spacial score (nSPS) is 20.7. The number of rotatable bonds is 8. The van der Waals surface area contributed by atoms with Crippen molar-refractivity contribution in [3.8, 4) is 0 Å². The van der Waals surface area contributed by atoms with E-state index in [4.69, 9.17) is 0 Å². The Labute approximate surface area is 221 Å². The molecule has 2 atom stereocenters. The van der Waals surface area contributed by atoms with Gasteiger partial charge in [0.15, 0.2) is 0 Å². The summed E-state index contributed by atoms with van der Waals surface area (Å²) < 4.78 is 84.6. The van der Waals surface area contributed by atoms with Gasteiger partial charge in [0.1, 0.15) is 11.6 Å². The van der Waals surface area contributed by atoms with Gasteiger partial charge in [0.2, 0.25) is 0 Å². The molecular weight excluding hydrogens is 525 g/mol. The number of aromatic nitrogens is 1. The van der Waals surface area contributed by atoms with Crippen LogP contribution in [0.3, 0.4) is 0 Å². The van der Waals surface area contributed by atoms with Gasteiger partial charge >= 0.3 is 13.3 Å². The van der Waals surface area contributed by atoms with Gasteiger partial charge in [0, 0.05) is 53.5 Å². The molecule has 0 amide bonds.